The van der Waals surface area contributed by atoms with Crippen LogP contribution < -0.4 is 0 Å². The molecule has 0 aromatic carbocycles. The van der Waals surface area contributed by atoms with Crippen LogP contribution in [0.4, 0.5) is 4.79 Å². The molecule has 1 aliphatic heterocycles. The summed E-state index contributed by atoms with van der Waals surface area (Å²) in [7, 11) is 0. The van der Waals surface area contributed by atoms with Crippen molar-refractivity contribution in [2.75, 3.05) is 13.2 Å². The van der Waals surface area contributed by atoms with Crippen LogP contribution in [0.2, 0.25) is 0 Å². The summed E-state index contributed by atoms with van der Waals surface area (Å²) in [4.78, 5) is 18.4. The summed E-state index contributed by atoms with van der Waals surface area (Å²) in [5, 5.41) is 2.92. The van der Waals surface area contributed by atoms with Crippen molar-refractivity contribution in [3.05, 3.63) is 16.6 Å². The summed E-state index contributed by atoms with van der Waals surface area (Å²) < 4.78 is 11.4. The summed E-state index contributed by atoms with van der Waals surface area (Å²) in [5.74, 6) is 0. The average molecular weight is 326 g/mol. The van der Waals surface area contributed by atoms with Crippen molar-refractivity contribution in [2.24, 2.45) is 0 Å². The Bertz CT molecular complexity index is 470. The van der Waals surface area contributed by atoms with Crippen molar-refractivity contribution in [3.63, 3.8) is 0 Å². The van der Waals surface area contributed by atoms with Crippen LogP contribution in [-0.4, -0.2) is 40.8 Å². The largest absolute Gasteiger partial charge is 0.444 e. The molecule has 2 unspecified atom stereocenters. The first-order valence-electron chi connectivity index (χ1n) is 7.87. The lowest BCUT2D eigenvalue weighted by molar-refractivity contribution is -0.0211. The van der Waals surface area contributed by atoms with Gasteiger partial charge in [-0.15, -0.1) is 11.3 Å². The maximum atomic E-state index is 12.3. The van der Waals surface area contributed by atoms with Gasteiger partial charge in [-0.2, -0.15) is 0 Å². The smallest absolute Gasteiger partial charge is 0.410 e. The Hall–Kier alpha value is -1.14. The lowest BCUT2D eigenvalue weighted by atomic mass is 10.0. The number of carbonyl (C=O) groups is 1. The summed E-state index contributed by atoms with van der Waals surface area (Å²) in [6.45, 7) is 8.95. The number of piperidine rings is 1. The molecule has 0 aliphatic carbocycles. The van der Waals surface area contributed by atoms with E-state index in [0.717, 1.165) is 30.8 Å². The number of rotatable bonds is 4. The van der Waals surface area contributed by atoms with E-state index in [1.165, 1.54) is 0 Å². The predicted octanol–water partition coefficient (Wildman–Crippen LogP) is 4.01. The third kappa shape index (κ3) is 4.95. The lowest BCUT2D eigenvalue weighted by Crippen LogP contribution is -2.48. The molecule has 0 radical (unpaired) electrons. The van der Waals surface area contributed by atoms with Gasteiger partial charge < -0.3 is 14.4 Å². The van der Waals surface area contributed by atoms with Crippen molar-refractivity contribution in [1.29, 1.82) is 0 Å². The second-order valence-electron chi connectivity index (χ2n) is 6.67. The SMILES string of the molecule is CC(OCC1CCCCN1C(=O)OC(C)(C)C)c1nccs1. The van der Waals surface area contributed by atoms with Gasteiger partial charge in [0.15, 0.2) is 0 Å². The highest BCUT2D eigenvalue weighted by Crippen LogP contribution is 2.24. The van der Waals surface area contributed by atoms with Crippen molar-refractivity contribution in [3.8, 4) is 0 Å². The van der Waals surface area contributed by atoms with Crippen LogP contribution in [-0.2, 0) is 9.47 Å². The molecule has 2 heterocycles. The highest BCUT2D eigenvalue weighted by atomic mass is 32.1. The lowest BCUT2D eigenvalue weighted by Gasteiger charge is -2.36. The molecule has 2 atom stereocenters. The highest BCUT2D eigenvalue weighted by Gasteiger charge is 2.31. The third-order valence-corrected chi connectivity index (χ3v) is 4.53. The molecule has 0 bridgehead atoms. The van der Waals surface area contributed by atoms with Gasteiger partial charge in [0.2, 0.25) is 0 Å². The second-order valence-corrected chi connectivity index (χ2v) is 7.60. The Morgan fingerprint density at radius 3 is 2.91 bits per heavy atom. The zero-order valence-corrected chi connectivity index (χ0v) is 14.7. The molecule has 6 heteroatoms. The number of ether oxygens (including phenoxy) is 2. The molecule has 1 aliphatic rings. The number of hydrogen-bond donors (Lipinski definition) is 0. The number of likely N-dealkylation sites (tertiary alicyclic amines) is 1. The number of aromatic nitrogens is 1. The van der Waals surface area contributed by atoms with Gasteiger partial charge in [0.25, 0.3) is 0 Å². The number of carbonyl (C=O) groups excluding carboxylic acids is 1. The van der Waals surface area contributed by atoms with Crippen molar-refractivity contribution in [1.82, 2.24) is 9.88 Å². The van der Waals surface area contributed by atoms with E-state index in [2.05, 4.69) is 4.98 Å². The topological polar surface area (TPSA) is 51.7 Å². The molecular weight excluding hydrogens is 300 g/mol. The number of thiazole rings is 1. The van der Waals surface area contributed by atoms with E-state index in [0.29, 0.717) is 6.61 Å². The van der Waals surface area contributed by atoms with E-state index in [4.69, 9.17) is 9.47 Å². The summed E-state index contributed by atoms with van der Waals surface area (Å²) >= 11 is 1.59. The minimum absolute atomic E-state index is 0.0394. The fourth-order valence-electron chi connectivity index (χ4n) is 2.50. The molecule has 1 fully saturated rings. The zero-order chi connectivity index (χ0) is 16.2. The Morgan fingerprint density at radius 2 is 2.27 bits per heavy atom. The number of nitrogens with zero attached hydrogens (tertiary/aromatic N) is 2. The molecule has 1 saturated heterocycles. The Balaban J connectivity index is 1.90. The van der Waals surface area contributed by atoms with Gasteiger partial charge >= 0.3 is 6.09 Å². The van der Waals surface area contributed by atoms with Crippen LogP contribution in [0.25, 0.3) is 0 Å². The van der Waals surface area contributed by atoms with Crippen molar-refractivity contribution >= 4 is 17.4 Å². The van der Waals surface area contributed by atoms with Gasteiger partial charge in [0.1, 0.15) is 16.7 Å². The number of amides is 1. The summed E-state index contributed by atoms with van der Waals surface area (Å²) in [6.07, 6.45) is 4.62. The molecule has 5 nitrogen and oxygen atoms in total. The highest BCUT2D eigenvalue weighted by molar-refractivity contribution is 7.09. The minimum atomic E-state index is -0.464. The van der Waals surface area contributed by atoms with Gasteiger partial charge in [-0.1, -0.05) is 0 Å². The molecule has 1 amide bonds. The Kier molecular flexibility index (Phi) is 5.81. The Labute approximate surface area is 136 Å². The zero-order valence-electron chi connectivity index (χ0n) is 13.9. The van der Waals surface area contributed by atoms with Crippen molar-refractivity contribution < 1.29 is 14.3 Å². The molecule has 124 valence electrons. The van der Waals surface area contributed by atoms with Gasteiger partial charge in [-0.25, -0.2) is 9.78 Å². The predicted molar refractivity (Wildman–Crippen MR) is 87.1 cm³/mol. The van der Waals surface area contributed by atoms with Crippen LogP contribution in [0, 0.1) is 0 Å². The molecule has 0 N–H and O–H groups in total. The van der Waals surface area contributed by atoms with Gasteiger partial charge in [-0.05, 0) is 47.0 Å². The maximum absolute atomic E-state index is 12.3. The molecular formula is C16H26N2O3S. The summed E-state index contributed by atoms with van der Waals surface area (Å²) in [6, 6.07) is 0.0889. The van der Waals surface area contributed by atoms with Crippen LogP contribution in [0.5, 0.6) is 0 Å². The van der Waals surface area contributed by atoms with E-state index in [9.17, 15) is 4.79 Å². The first kappa shape index (κ1) is 17.2. The quantitative estimate of drug-likeness (QED) is 0.839. The molecule has 0 spiro atoms. The van der Waals surface area contributed by atoms with Crippen molar-refractivity contribution in [2.45, 2.75) is 64.7 Å². The molecule has 22 heavy (non-hydrogen) atoms. The van der Waals surface area contributed by atoms with Gasteiger partial charge in [0.05, 0.1) is 12.6 Å². The summed E-state index contributed by atoms with van der Waals surface area (Å²) in [5.41, 5.74) is -0.464. The monoisotopic (exact) mass is 326 g/mol. The van der Waals surface area contributed by atoms with Crippen LogP contribution in [0.1, 0.15) is 58.1 Å². The van der Waals surface area contributed by atoms with Crippen LogP contribution >= 0.6 is 11.3 Å². The third-order valence-electron chi connectivity index (χ3n) is 3.59. The minimum Gasteiger partial charge on any atom is -0.444 e. The van der Waals surface area contributed by atoms with Crippen LogP contribution in [0.15, 0.2) is 11.6 Å². The first-order chi connectivity index (χ1) is 10.4. The van der Waals surface area contributed by atoms with E-state index >= 15 is 0 Å². The van der Waals surface area contributed by atoms with E-state index < -0.39 is 5.60 Å². The van der Waals surface area contributed by atoms with E-state index in [1.54, 1.807) is 17.5 Å². The fraction of sp³-hybridized carbons (Fsp3) is 0.750. The first-order valence-corrected chi connectivity index (χ1v) is 8.75. The van der Waals surface area contributed by atoms with Crippen LogP contribution in [0.3, 0.4) is 0 Å². The average Bonchev–Trinajstić information content (AvgIpc) is 2.97. The van der Waals surface area contributed by atoms with E-state index in [1.807, 2.05) is 38.0 Å². The van der Waals surface area contributed by atoms with Gasteiger partial charge in [0, 0.05) is 18.1 Å². The molecule has 1 aromatic rings. The fourth-order valence-corrected chi connectivity index (χ4v) is 3.14. The maximum Gasteiger partial charge on any atom is 0.410 e. The standard InChI is InChI=1S/C16H26N2O3S/c1-12(14-17-8-10-22-14)20-11-13-7-5-6-9-18(13)15(19)21-16(2,3)4/h8,10,12-13H,5-7,9,11H2,1-4H3. The Morgan fingerprint density at radius 1 is 1.50 bits per heavy atom. The molecule has 1 aromatic heterocycles. The molecule has 2 rings (SSSR count). The normalized spacial score (nSPS) is 20.7. The molecule has 0 saturated carbocycles. The second kappa shape index (κ2) is 7.42. The number of hydrogen-bond acceptors (Lipinski definition) is 5. The van der Waals surface area contributed by atoms with E-state index in [-0.39, 0.29) is 18.2 Å². The van der Waals surface area contributed by atoms with Gasteiger partial charge in [-0.3, -0.25) is 0 Å².